The van der Waals surface area contributed by atoms with Crippen LogP contribution in [0, 0.1) is 5.92 Å². The number of piperidine rings is 1. The molecule has 0 radical (unpaired) electrons. The Labute approximate surface area is 170 Å². The van der Waals surface area contributed by atoms with Crippen molar-refractivity contribution < 1.29 is 9.63 Å². The first-order valence-corrected chi connectivity index (χ1v) is 10.5. The monoisotopic (exact) mass is 390 g/mol. The van der Waals surface area contributed by atoms with E-state index in [-0.39, 0.29) is 5.92 Å². The van der Waals surface area contributed by atoms with Crippen molar-refractivity contribution in [2.45, 2.75) is 50.3 Å². The molecule has 2 fully saturated rings. The second-order valence-electron chi connectivity index (χ2n) is 8.20. The molecule has 0 unspecified atom stereocenters. The van der Waals surface area contributed by atoms with Crippen LogP contribution in [0.3, 0.4) is 0 Å². The fraction of sp³-hybridized carbons (Fsp3) is 0.435. The molecule has 1 aromatic carbocycles. The van der Waals surface area contributed by atoms with Gasteiger partial charge in [0.25, 0.3) is 0 Å². The molecule has 2 aliphatic rings. The maximum atomic E-state index is 11.7. The van der Waals surface area contributed by atoms with E-state index in [9.17, 15) is 5.11 Å². The fourth-order valence-corrected chi connectivity index (χ4v) is 5.14. The van der Waals surface area contributed by atoms with E-state index in [1.165, 1.54) is 12.8 Å². The Morgan fingerprint density at radius 3 is 2.72 bits per heavy atom. The molecule has 3 atom stereocenters. The molecule has 0 spiro atoms. The lowest BCUT2D eigenvalue weighted by atomic mass is 9.66. The smallest absolute Gasteiger partial charge is 0.241 e. The van der Waals surface area contributed by atoms with Crippen molar-refractivity contribution in [2.24, 2.45) is 5.92 Å². The van der Waals surface area contributed by atoms with E-state index in [0.29, 0.717) is 24.3 Å². The summed E-state index contributed by atoms with van der Waals surface area (Å²) in [7, 11) is 0. The van der Waals surface area contributed by atoms with Gasteiger partial charge in [0.05, 0.1) is 12.1 Å². The highest BCUT2D eigenvalue weighted by Crippen LogP contribution is 2.47. The van der Waals surface area contributed by atoms with E-state index in [4.69, 9.17) is 4.52 Å². The molecular weight excluding hydrogens is 364 g/mol. The molecule has 3 aromatic rings. The van der Waals surface area contributed by atoms with Crippen molar-refractivity contribution in [1.29, 1.82) is 0 Å². The summed E-state index contributed by atoms with van der Waals surface area (Å²) in [6, 6.07) is 16.2. The molecule has 6 heteroatoms. The molecule has 2 aromatic heterocycles. The molecule has 1 aliphatic carbocycles. The molecule has 1 aliphatic heterocycles. The summed E-state index contributed by atoms with van der Waals surface area (Å²) in [6.45, 7) is 1.43. The number of benzene rings is 1. The zero-order valence-corrected chi connectivity index (χ0v) is 16.4. The zero-order valence-electron chi connectivity index (χ0n) is 16.4. The number of rotatable bonds is 4. The number of aliphatic hydroxyl groups is 1. The maximum Gasteiger partial charge on any atom is 0.241 e. The molecule has 0 bridgehead atoms. The number of hydrogen-bond donors (Lipinski definition) is 1. The van der Waals surface area contributed by atoms with E-state index in [1.54, 1.807) is 6.20 Å². The third-order valence-electron chi connectivity index (χ3n) is 6.57. The lowest BCUT2D eigenvalue weighted by Crippen LogP contribution is -2.57. The molecule has 150 valence electrons. The molecule has 1 saturated carbocycles. The number of likely N-dealkylation sites (tertiary alicyclic amines) is 1. The average molecular weight is 390 g/mol. The number of hydrogen-bond acceptors (Lipinski definition) is 6. The SMILES string of the molecule is O[C@@]1(c2ccccc2)CCN(Cc2nc(-c3ccccn3)no2)[C@H]2CCCC[C@@H]21. The van der Waals surface area contributed by atoms with Gasteiger partial charge in [-0.3, -0.25) is 9.88 Å². The summed E-state index contributed by atoms with van der Waals surface area (Å²) < 4.78 is 5.53. The number of aromatic nitrogens is 3. The molecule has 0 amide bonds. The van der Waals surface area contributed by atoms with Crippen LogP contribution in [-0.2, 0) is 12.1 Å². The Kier molecular flexibility index (Phi) is 4.89. The van der Waals surface area contributed by atoms with Gasteiger partial charge in [0, 0.05) is 24.7 Å². The van der Waals surface area contributed by atoms with Crippen LogP contribution in [0.4, 0.5) is 0 Å². The number of fused-ring (bicyclic) bond motifs is 1. The predicted molar refractivity (Wildman–Crippen MR) is 109 cm³/mol. The Morgan fingerprint density at radius 2 is 1.90 bits per heavy atom. The number of nitrogens with zero attached hydrogens (tertiary/aromatic N) is 4. The summed E-state index contributed by atoms with van der Waals surface area (Å²) in [4.78, 5) is 11.3. The van der Waals surface area contributed by atoms with Crippen LogP contribution in [0.15, 0.2) is 59.3 Å². The van der Waals surface area contributed by atoms with E-state index < -0.39 is 5.60 Å². The van der Waals surface area contributed by atoms with Crippen molar-refractivity contribution in [3.63, 3.8) is 0 Å². The van der Waals surface area contributed by atoms with Gasteiger partial charge in [0.15, 0.2) is 0 Å². The zero-order chi connectivity index (χ0) is 19.7. The molecule has 29 heavy (non-hydrogen) atoms. The van der Waals surface area contributed by atoms with Crippen LogP contribution in [0.25, 0.3) is 11.5 Å². The molecule has 1 N–H and O–H groups in total. The third kappa shape index (κ3) is 3.47. The van der Waals surface area contributed by atoms with Gasteiger partial charge in [-0.25, -0.2) is 0 Å². The van der Waals surface area contributed by atoms with Crippen molar-refractivity contribution in [1.82, 2.24) is 20.0 Å². The summed E-state index contributed by atoms with van der Waals surface area (Å²) in [6.07, 6.45) is 6.98. The standard InChI is InChI=1S/C23H26N4O2/c28-23(17-8-2-1-3-9-17)13-15-27(20-12-5-4-10-18(20)23)16-21-25-22(26-29-21)19-11-6-7-14-24-19/h1-3,6-9,11,14,18,20,28H,4-5,10,12-13,15-16H2/t18-,20-,23+/m0/s1. The lowest BCUT2D eigenvalue weighted by Gasteiger charge is -2.52. The van der Waals surface area contributed by atoms with Gasteiger partial charge >= 0.3 is 0 Å². The van der Waals surface area contributed by atoms with Crippen molar-refractivity contribution in [3.8, 4) is 11.5 Å². The molecular formula is C23H26N4O2. The first-order chi connectivity index (χ1) is 14.2. The Hall–Kier alpha value is -2.57. The predicted octanol–water partition coefficient (Wildman–Crippen LogP) is 3.78. The second kappa shape index (κ2) is 7.69. The molecule has 3 heterocycles. The molecule has 6 nitrogen and oxygen atoms in total. The van der Waals surface area contributed by atoms with Crippen molar-refractivity contribution in [2.75, 3.05) is 6.54 Å². The highest BCUT2D eigenvalue weighted by molar-refractivity contribution is 5.47. The quantitative estimate of drug-likeness (QED) is 0.731. The van der Waals surface area contributed by atoms with E-state index in [2.05, 4.69) is 32.2 Å². The summed E-state index contributed by atoms with van der Waals surface area (Å²) in [5.41, 5.74) is 1.01. The fourth-order valence-electron chi connectivity index (χ4n) is 5.14. The van der Waals surface area contributed by atoms with Crippen LogP contribution < -0.4 is 0 Å². The molecule has 1 saturated heterocycles. The topological polar surface area (TPSA) is 75.3 Å². The lowest BCUT2D eigenvalue weighted by molar-refractivity contribution is -0.124. The van der Waals surface area contributed by atoms with E-state index in [0.717, 1.165) is 37.1 Å². The van der Waals surface area contributed by atoms with Gasteiger partial charge in [-0.1, -0.05) is 54.4 Å². The normalized spacial score (nSPS) is 27.5. The van der Waals surface area contributed by atoms with Gasteiger partial charge < -0.3 is 9.63 Å². The van der Waals surface area contributed by atoms with Crippen LogP contribution in [-0.4, -0.2) is 37.7 Å². The summed E-state index contributed by atoms with van der Waals surface area (Å²) >= 11 is 0. The third-order valence-corrected chi connectivity index (χ3v) is 6.57. The first kappa shape index (κ1) is 18.5. The summed E-state index contributed by atoms with van der Waals surface area (Å²) in [5, 5.41) is 15.8. The largest absolute Gasteiger partial charge is 0.385 e. The minimum Gasteiger partial charge on any atom is -0.385 e. The minimum absolute atomic E-state index is 0.227. The van der Waals surface area contributed by atoms with Gasteiger partial charge in [-0.15, -0.1) is 0 Å². The van der Waals surface area contributed by atoms with Crippen molar-refractivity contribution >= 4 is 0 Å². The highest BCUT2D eigenvalue weighted by atomic mass is 16.5. The van der Waals surface area contributed by atoms with Crippen LogP contribution >= 0.6 is 0 Å². The maximum absolute atomic E-state index is 11.7. The number of pyridine rings is 1. The average Bonchev–Trinajstić information content (AvgIpc) is 3.26. The minimum atomic E-state index is -0.753. The van der Waals surface area contributed by atoms with Gasteiger partial charge in [0.1, 0.15) is 5.69 Å². The van der Waals surface area contributed by atoms with E-state index in [1.807, 2.05) is 36.4 Å². The van der Waals surface area contributed by atoms with E-state index >= 15 is 0 Å². The Balaban J connectivity index is 1.37. The van der Waals surface area contributed by atoms with Gasteiger partial charge in [-0.2, -0.15) is 4.98 Å². The van der Waals surface area contributed by atoms with Gasteiger partial charge in [0.2, 0.25) is 11.7 Å². The van der Waals surface area contributed by atoms with Crippen LogP contribution in [0.1, 0.15) is 43.6 Å². The molecule has 5 rings (SSSR count). The van der Waals surface area contributed by atoms with Crippen LogP contribution in [0.2, 0.25) is 0 Å². The first-order valence-electron chi connectivity index (χ1n) is 10.5. The summed E-state index contributed by atoms with van der Waals surface area (Å²) in [5.74, 6) is 1.37. The van der Waals surface area contributed by atoms with Gasteiger partial charge in [-0.05, 0) is 37.0 Å². The Bertz CT molecular complexity index is 946. The highest BCUT2D eigenvalue weighted by Gasteiger charge is 2.49. The van der Waals surface area contributed by atoms with Crippen LogP contribution in [0.5, 0.6) is 0 Å². The Morgan fingerprint density at radius 1 is 1.07 bits per heavy atom. The van der Waals surface area contributed by atoms with Crippen molar-refractivity contribution in [3.05, 3.63) is 66.2 Å². The second-order valence-corrected chi connectivity index (χ2v) is 8.20.